The van der Waals surface area contributed by atoms with Gasteiger partial charge < -0.3 is 23.8 Å². The van der Waals surface area contributed by atoms with E-state index in [0.29, 0.717) is 60.6 Å². The molecule has 0 spiro atoms. The molecule has 246 valence electrons. The van der Waals surface area contributed by atoms with Crippen LogP contribution in [-0.4, -0.2) is 56.4 Å². The van der Waals surface area contributed by atoms with E-state index in [1.807, 2.05) is 37.8 Å². The Labute approximate surface area is 272 Å². The van der Waals surface area contributed by atoms with Gasteiger partial charge in [0.05, 0.1) is 42.6 Å². The summed E-state index contributed by atoms with van der Waals surface area (Å²) < 4.78 is 21.9. The molecule has 0 fully saturated rings. The molecule has 3 aromatic carbocycles. The van der Waals surface area contributed by atoms with Crippen molar-refractivity contribution in [3.63, 3.8) is 0 Å². The van der Waals surface area contributed by atoms with E-state index < -0.39 is 16.9 Å². The fourth-order valence-corrected chi connectivity index (χ4v) is 4.05. The number of carbonyl (C=O) groups excluding carboxylic acids is 2. The molecule has 0 bridgehead atoms. The molecular formula is C33H36N6O8. The van der Waals surface area contributed by atoms with Crippen LogP contribution in [0.2, 0.25) is 0 Å². The Balaban J connectivity index is 1.87. The number of esters is 2. The third-order valence-corrected chi connectivity index (χ3v) is 6.33. The topological polar surface area (TPSA) is 167 Å². The van der Waals surface area contributed by atoms with Crippen LogP contribution < -0.4 is 14.4 Å². The Bertz CT molecular complexity index is 1610. The van der Waals surface area contributed by atoms with Crippen LogP contribution >= 0.6 is 0 Å². The number of anilines is 1. The molecule has 3 rings (SSSR count). The van der Waals surface area contributed by atoms with Crippen molar-refractivity contribution in [2.75, 3.05) is 44.4 Å². The predicted molar refractivity (Wildman–Crippen MR) is 176 cm³/mol. The summed E-state index contributed by atoms with van der Waals surface area (Å²) in [7, 11) is 0. The summed E-state index contributed by atoms with van der Waals surface area (Å²) in [6.45, 7) is 13.9. The fourth-order valence-electron chi connectivity index (χ4n) is 4.05. The first-order valence-corrected chi connectivity index (χ1v) is 14.6. The fraction of sp³-hybridized carbons (Fsp3) is 0.273. The standard InChI is InChI=1S/C33H36N6O8/c1-6-32(40)46-18-16-38(17-19-47-33(41)7-2)26-14-15-27(23(5)20-26)35-37-29-22-30(44-8-3)28(21-31(29)45-9-4)36-34-24-10-12-25(13-11-24)39(42)43/h6-7,10-15,20-22H,1-2,8-9,16-19H2,3-5H3. The molecule has 0 N–H and O–H groups in total. The van der Waals surface area contributed by atoms with Crippen molar-refractivity contribution in [3.05, 3.63) is 95.6 Å². The van der Waals surface area contributed by atoms with Crippen LogP contribution in [0.3, 0.4) is 0 Å². The molecule has 0 radical (unpaired) electrons. The maximum atomic E-state index is 11.5. The Kier molecular flexibility index (Phi) is 13.7. The largest absolute Gasteiger partial charge is 0.491 e. The number of nitro groups is 1. The zero-order valence-electron chi connectivity index (χ0n) is 26.5. The molecule has 14 nitrogen and oxygen atoms in total. The van der Waals surface area contributed by atoms with Gasteiger partial charge in [0.1, 0.15) is 36.1 Å². The quantitative estimate of drug-likeness (QED) is 0.0441. The molecule has 0 aromatic heterocycles. The van der Waals surface area contributed by atoms with E-state index in [4.69, 9.17) is 18.9 Å². The monoisotopic (exact) mass is 644 g/mol. The highest BCUT2D eigenvalue weighted by atomic mass is 16.6. The number of carbonyl (C=O) groups is 2. The van der Waals surface area contributed by atoms with Gasteiger partial charge in [0.25, 0.3) is 5.69 Å². The van der Waals surface area contributed by atoms with Crippen LogP contribution in [0.5, 0.6) is 11.5 Å². The van der Waals surface area contributed by atoms with Gasteiger partial charge in [-0.15, -0.1) is 10.2 Å². The number of benzene rings is 3. The molecule has 0 heterocycles. The van der Waals surface area contributed by atoms with Crippen LogP contribution in [-0.2, 0) is 19.1 Å². The minimum absolute atomic E-state index is 0.0485. The molecule has 0 saturated heterocycles. The molecular weight excluding hydrogens is 608 g/mol. The lowest BCUT2D eigenvalue weighted by atomic mass is 10.1. The molecule has 3 aromatic rings. The van der Waals surface area contributed by atoms with E-state index in [1.165, 1.54) is 24.3 Å². The number of azo groups is 2. The lowest BCUT2D eigenvalue weighted by Crippen LogP contribution is -2.32. The first-order valence-electron chi connectivity index (χ1n) is 14.6. The van der Waals surface area contributed by atoms with Crippen molar-refractivity contribution in [3.8, 4) is 11.5 Å². The first-order chi connectivity index (χ1) is 22.7. The number of rotatable bonds is 18. The Hall–Kier alpha value is -5.92. The average Bonchev–Trinajstić information content (AvgIpc) is 3.07. The van der Waals surface area contributed by atoms with Gasteiger partial charge in [0.2, 0.25) is 0 Å². The summed E-state index contributed by atoms with van der Waals surface area (Å²) in [4.78, 5) is 35.4. The lowest BCUT2D eigenvalue weighted by Gasteiger charge is -2.25. The molecule has 0 atom stereocenters. The van der Waals surface area contributed by atoms with E-state index in [9.17, 15) is 19.7 Å². The number of non-ortho nitro benzene ring substituents is 1. The summed E-state index contributed by atoms with van der Waals surface area (Å²) in [5, 5.41) is 28.3. The van der Waals surface area contributed by atoms with Crippen molar-refractivity contribution in [2.45, 2.75) is 20.8 Å². The molecule has 0 unspecified atom stereocenters. The van der Waals surface area contributed by atoms with Gasteiger partial charge in [-0.2, -0.15) is 10.2 Å². The Morgan fingerprint density at radius 1 is 0.787 bits per heavy atom. The van der Waals surface area contributed by atoms with Crippen LogP contribution in [0.25, 0.3) is 0 Å². The van der Waals surface area contributed by atoms with Crippen LogP contribution in [0.15, 0.2) is 100 Å². The summed E-state index contributed by atoms with van der Waals surface area (Å²) >= 11 is 0. The third kappa shape index (κ3) is 10.9. The van der Waals surface area contributed by atoms with E-state index >= 15 is 0 Å². The van der Waals surface area contributed by atoms with Crippen molar-refractivity contribution in [1.82, 2.24) is 0 Å². The van der Waals surface area contributed by atoms with E-state index in [2.05, 4.69) is 33.6 Å². The Morgan fingerprint density at radius 2 is 1.30 bits per heavy atom. The number of hydrogen-bond acceptors (Lipinski definition) is 13. The number of nitrogens with zero attached hydrogens (tertiary/aromatic N) is 6. The minimum atomic E-state index is -0.533. The van der Waals surface area contributed by atoms with E-state index in [-0.39, 0.29) is 18.9 Å². The van der Waals surface area contributed by atoms with Crippen molar-refractivity contribution >= 4 is 46.1 Å². The maximum Gasteiger partial charge on any atom is 0.330 e. The van der Waals surface area contributed by atoms with Gasteiger partial charge in [0.15, 0.2) is 0 Å². The Morgan fingerprint density at radius 3 is 1.77 bits per heavy atom. The zero-order valence-corrected chi connectivity index (χ0v) is 26.5. The summed E-state index contributed by atoms with van der Waals surface area (Å²) in [6, 6.07) is 14.5. The SMILES string of the molecule is C=CC(=O)OCCN(CCOC(=O)C=C)c1ccc(N=Nc2cc(OCC)c(N=Nc3ccc([N+](=O)[O-])cc3)cc2OCC)c(C)c1. The zero-order chi connectivity index (χ0) is 34.2. The molecule has 0 amide bonds. The molecule has 47 heavy (non-hydrogen) atoms. The van der Waals surface area contributed by atoms with Gasteiger partial charge in [-0.05, 0) is 56.7 Å². The van der Waals surface area contributed by atoms with Gasteiger partial charge >= 0.3 is 11.9 Å². The number of ether oxygens (including phenoxy) is 4. The molecule has 0 saturated carbocycles. The lowest BCUT2D eigenvalue weighted by molar-refractivity contribution is -0.384. The summed E-state index contributed by atoms with van der Waals surface area (Å²) in [6.07, 6.45) is 2.18. The van der Waals surface area contributed by atoms with E-state index in [1.54, 1.807) is 18.2 Å². The summed E-state index contributed by atoms with van der Waals surface area (Å²) in [5.41, 5.74) is 3.35. The smallest absolute Gasteiger partial charge is 0.330 e. The van der Waals surface area contributed by atoms with Crippen LogP contribution in [0, 0.1) is 17.0 Å². The molecule has 0 aliphatic heterocycles. The van der Waals surface area contributed by atoms with Crippen LogP contribution in [0.1, 0.15) is 19.4 Å². The second-order valence-corrected chi connectivity index (χ2v) is 9.53. The highest BCUT2D eigenvalue weighted by Crippen LogP contribution is 2.41. The van der Waals surface area contributed by atoms with Crippen molar-refractivity contribution in [2.24, 2.45) is 20.5 Å². The third-order valence-electron chi connectivity index (χ3n) is 6.33. The second-order valence-electron chi connectivity index (χ2n) is 9.53. The normalized spacial score (nSPS) is 10.9. The van der Waals surface area contributed by atoms with Gasteiger partial charge in [0, 0.05) is 42.1 Å². The van der Waals surface area contributed by atoms with Crippen molar-refractivity contribution < 1.29 is 33.5 Å². The van der Waals surface area contributed by atoms with Crippen LogP contribution in [0.4, 0.5) is 34.1 Å². The number of nitro benzene ring substituents is 1. The summed E-state index contributed by atoms with van der Waals surface area (Å²) in [5.74, 6) is -0.266. The van der Waals surface area contributed by atoms with Gasteiger partial charge in [-0.1, -0.05) is 13.2 Å². The van der Waals surface area contributed by atoms with E-state index in [0.717, 1.165) is 23.4 Å². The van der Waals surface area contributed by atoms with Crippen molar-refractivity contribution in [1.29, 1.82) is 0 Å². The number of aryl methyl sites for hydroxylation is 1. The van der Waals surface area contributed by atoms with Gasteiger partial charge in [-0.3, -0.25) is 10.1 Å². The maximum absolute atomic E-state index is 11.5. The molecule has 0 aliphatic carbocycles. The number of hydrogen-bond donors (Lipinski definition) is 0. The molecule has 0 aliphatic rings. The minimum Gasteiger partial charge on any atom is -0.491 e. The second kappa shape index (κ2) is 18.1. The molecule has 14 heteroatoms. The average molecular weight is 645 g/mol. The highest BCUT2D eigenvalue weighted by molar-refractivity contribution is 5.81. The predicted octanol–water partition coefficient (Wildman–Crippen LogP) is 7.80. The van der Waals surface area contributed by atoms with Gasteiger partial charge in [-0.25, -0.2) is 9.59 Å². The highest BCUT2D eigenvalue weighted by Gasteiger charge is 2.14. The first kappa shape index (κ1) is 35.6.